The molecule has 0 aliphatic heterocycles. The van der Waals surface area contributed by atoms with E-state index in [-0.39, 0.29) is 5.91 Å². The summed E-state index contributed by atoms with van der Waals surface area (Å²) in [6, 6.07) is 15.1. The van der Waals surface area contributed by atoms with Gasteiger partial charge in [0.15, 0.2) is 0 Å². The molecule has 0 unspecified atom stereocenters. The molecular formula is C17H17Cl2NO. The molecule has 0 bridgehead atoms. The predicted molar refractivity (Wildman–Crippen MR) is 87.9 cm³/mol. The van der Waals surface area contributed by atoms with Crippen LogP contribution in [0.4, 0.5) is 0 Å². The Morgan fingerprint density at radius 3 is 1.95 bits per heavy atom. The molecule has 2 aromatic rings. The molecule has 0 aromatic heterocycles. The minimum Gasteiger partial charge on any atom is -0.356 e. The van der Waals surface area contributed by atoms with Gasteiger partial charge in [-0.25, -0.2) is 0 Å². The van der Waals surface area contributed by atoms with Gasteiger partial charge in [-0.2, -0.15) is 0 Å². The van der Waals surface area contributed by atoms with Crippen LogP contribution in [0.1, 0.15) is 17.5 Å². The fourth-order valence-electron chi connectivity index (χ4n) is 2.02. The molecule has 0 fully saturated rings. The molecule has 2 nitrogen and oxygen atoms in total. The van der Waals surface area contributed by atoms with Crippen molar-refractivity contribution in [3.63, 3.8) is 0 Å². The average Bonchev–Trinajstić information content (AvgIpc) is 2.48. The van der Waals surface area contributed by atoms with Gasteiger partial charge in [0, 0.05) is 16.6 Å². The first-order chi connectivity index (χ1) is 10.1. The van der Waals surface area contributed by atoms with E-state index in [4.69, 9.17) is 23.2 Å². The van der Waals surface area contributed by atoms with Crippen LogP contribution in [0.15, 0.2) is 48.5 Å². The number of hydrogen-bond acceptors (Lipinski definition) is 1. The maximum Gasteiger partial charge on any atom is 0.224 e. The van der Waals surface area contributed by atoms with E-state index in [1.54, 1.807) is 12.1 Å². The lowest BCUT2D eigenvalue weighted by atomic mass is 10.1. The monoisotopic (exact) mass is 321 g/mol. The van der Waals surface area contributed by atoms with Crippen LogP contribution in [-0.2, 0) is 17.6 Å². The van der Waals surface area contributed by atoms with Crippen molar-refractivity contribution in [3.05, 3.63) is 69.7 Å². The summed E-state index contributed by atoms with van der Waals surface area (Å²) in [5, 5.41) is 4.36. The second kappa shape index (κ2) is 8.06. The molecule has 0 saturated heterocycles. The van der Waals surface area contributed by atoms with Crippen molar-refractivity contribution in [3.8, 4) is 0 Å². The average molecular weight is 322 g/mol. The first-order valence-corrected chi connectivity index (χ1v) is 7.64. The van der Waals surface area contributed by atoms with Gasteiger partial charge in [-0.15, -0.1) is 0 Å². The largest absolute Gasteiger partial charge is 0.356 e. The van der Waals surface area contributed by atoms with Gasteiger partial charge in [0.25, 0.3) is 0 Å². The number of carbonyl (C=O) groups is 1. The third-order valence-electron chi connectivity index (χ3n) is 3.16. The number of rotatable bonds is 6. The number of amides is 1. The zero-order valence-electron chi connectivity index (χ0n) is 11.6. The third kappa shape index (κ3) is 5.78. The fraction of sp³-hybridized carbons (Fsp3) is 0.235. The lowest BCUT2D eigenvalue weighted by Gasteiger charge is -2.06. The molecule has 0 heterocycles. The molecule has 21 heavy (non-hydrogen) atoms. The predicted octanol–water partition coefficient (Wildman–Crippen LogP) is 4.28. The number of benzene rings is 2. The molecule has 4 heteroatoms. The van der Waals surface area contributed by atoms with E-state index in [1.165, 1.54) is 5.56 Å². The van der Waals surface area contributed by atoms with Crippen LogP contribution in [0.5, 0.6) is 0 Å². The van der Waals surface area contributed by atoms with E-state index < -0.39 is 0 Å². The zero-order chi connectivity index (χ0) is 15.1. The van der Waals surface area contributed by atoms with Crippen molar-refractivity contribution in [2.45, 2.75) is 19.3 Å². The van der Waals surface area contributed by atoms with Gasteiger partial charge in [-0.05, 0) is 48.2 Å². The number of aryl methyl sites for hydroxylation is 1. The van der Waals surface area contributed by atoms with Gasteiger partial charge in [0.1, 0.15) is 0 Å². The molecule has 2 rings (SSSR count). The summed E-state index contributed by atoms with van der Waals surface area (Å²) in [6.45, 7) is 0.676. The van der Waals surface area contributed by atoms with Crippen molar-refractivity contribution in [2.24, 2.45) is 0 Å². The molecule has 1 N–H and O–H groups in total. The van der Waals surface area contributed by atoms with E-state index in [0.29, 0.717) is 18.0 Å². The van der Waals surface area contributed by atoms with Crippen molar-refractivity contribution in [1.82, 2.24) is 5.32 Å². The van der Waals surface area contributed by atoms with Crippen LogP contribution in [-0.4, -0.2) is 12.5 Å². The van der Waals surface area contributed by atoms with Crippen molar-refractivity contribution < 1.29 is 4.79 Å². The second-order valence-electron chi connectivity index (χ2n) is 4.88. The summed E-state index contributed by atoms with van der Waals surface area (Å²) < 4.78 is 0. The number of carbonyl (C=O) groups excluding carboxylic acids is 1. The first-order valence-electron chi connectivity index (χ1n) is 6.89. The van der Waals surface area contributed by atoms with Crippen LogP contribution in [0.25, 0.3) is 0 Å². The number of nitrogens with one attached hydrogen (secondary N) is 1. The van der Waals surface area contributed by atoms with Crippen LogP contribution in [0.3, 0.4) is 0 Å². The smallest absolute Gasteiger partial charge is 0.224 e. The molecule has 0 aliphatic carbocycles. The highest BCUT2D eigenvalue weighted by Crippen LogP contribution is 2.11. The van der Waals surface area contributed by atoms with Gasteiger partial charge in [-0.3, -0.25) is 4.79 Å². The summed E-state index contributed by atoms with van der Waals surface area (Å²) >= 11 is 11.6. The summed E-state index contributed by atoms with van der Waals surface area (Å²) in [7, 11) is 0. The van der Waals surface area contributed by atoms with Crippen LogP contribution in [0.2, 0.25) is 10.0 Å². The number of halogens is 2. The Balaban J connectivity index is 1.67. The van der Waals surface area contributed by atoms with Gasteiger partial charge >= 0.3 is 0 Å². The standard InChI is InChI=1S/C17H17Cl2NO/c18-15-7-3-13(4-8-15)2-1-11-20-17(21)12-14-5-9-16(19)10-6-14/h3-10H,1-2,11-12H2,(H,20,21). The minimum atomic E-state index is 0.0356. The van der Waals surface area contributed by atoms with Gasteiger partial charge in [-0.1, -0.05) is 47.5 Å². The summed E-state index contributed by atoms with van der Waals surface area (Å²) in [5.41, 5.74) is 2.20. The Bertz CT molecular complexity index is 579. The molecular weight excluding hydrogens is 305 g/mol. The maximum atomic E-state index is 11.8. The summed E-state index contributed by atoms with van der Waals surface area (Å²) in [6.07, 6.45) is 2.23. The molecule has 110 valence electrons. The lowest BCUT2D eigenvalue weighted by Crippen LogP contribution is -2.26. The SMILES string of the molecule is O=C(Cc1ccc(Cl)cc1)NCCCc1ccc(Cl)cc1. The van der Waals surface area contributed by atoms with Crippen molar-refractivity contribution >= 4 is 29.1 Å². The van der Waals surface area contributed by atoms with E-state index in [1.807, 2.05) is 36.4 Å². The van der Waals surface area contributed by atoms with E-state index >= 15 is 0 Å². The molecule has 0 atom stereocenters. The highest BCUT2D eigenvalue weighted by atomic mass is 35.5. The van der Waals surface area contributed by atoms with Crippen LogP contribution >= 0.6 is 23.2 Å². The molecule has 0 aliphatic rings. The Kier molecular flexibility index (Phi) is 6.09. The first kappa shape index (κ1) is 15.9. The van der Waals surface area contributed by atoms with Gasteiger partial charge in [0.2, 0.25) is 5.91 Å². The molecule has 1 amide bonds. The van der Waals surface area contributed by atoms with Gasteiger partial charge < -0.3 is 5.32 Å². The lowest BCUT2D eigenvalue weighted by molar-refractivity contribution is -0.120. The third-order valence-corrected chi connectivity index (χ3v) is 3.66. The minimum absolute atomic E-state index is 0.0356. The Morgan fingerprint density at radius 1 is 0.857 bits per heavy atom. The van der Waals surface area contributed by atoms with E-state index in [2.05, 4.69) is 5.32 Å². The fourth-order valence-corrected chi connectivity index (χ4v) is 2.27. The Labute approximate surface area is 135 Å². The highest BCUT2D eigenvalue weighted by Gasteiger charge is 2.03. The van der Waals surface area contributed by atoms with Crippen molar-refractivity contribution in [2.75, 3.05) is 6.54 Å². The Morgan fingerprint density at radius 2 is 1.38 bits per heavy atom. The second-order valence-corrected chi connectivity index (χ2v) is 5.76. The summed E-state index contributed by atoms with van der Waals surface area (Å²) in [5.74, 6) is 0.0356. The number of hydrogen-bond donors (Lipinski definition) is 1. The maximum absolute atomic E-state index is 11.8. The van der Waals surface area contributed by atoms with E-state index in [9.17, 15) is 4.79 Å². The van der Waals surface area contributed by atoms with Crippen molar-refractivity contribution in [1.29, 1.82) is 0 Å². The van der Waals surface area contributed by atoms with Crippen LogP contribution in [0, 0.1) is 0 Å². The Hall–Kier alpha value is -1.51. The molecule has 2 aromatic carbocycles. The van der Waals surface area contributed by atoms with E-state index in [0.717, 1.165) is 23.4 Å². The van der Waals surface area contributed by atoms with Crippen LogP contribution < -0.4 is 5.32 Å². The zero-order valence-corrected chi connectivity index (χ0v) is 13.1. The topological polar surface area (TPSA) is 29.1 Å². The normalized spacial score (nSPS) is 10.4. The molecule has 0 saturated carbocycles. The molecule has 0 radical (unpaired) electrons. The van der Waals surface area contributed by atoms with Gasteiger partial charge in [0.05, 0.1) is 6.42 Å². The molecule has 0 spiro atoms. The quantitative estimate of drug-likeness (QED) is 0.790. The summed E-state index contributed by atoms with van der Waals surface area (Å²) in [4.78, 5) is 11.8. The highest BCUT2D eigenvalue weighted by molar-refractivity contribution is 6.30.